The van der Waals surface area contributed by atoms with Crippen LogP contribution in [-0.4, -0.2) is 31.9 Å². The molecule has 0 saturated carbocycles. The Bertz CT molecular complexity index is 568. The number of nitrogens with zero attached hydrogens (tertiary/aromatic N) is 1. The summed E-state index contributed by atoms with van der Waals surface area (Å²) < 4.78 is 32.8. The van der Waals surface area contributed by atoms with Gasteiger partial charge in [-0.25, -0.2) is 8.42 Å². The lowest BCUT2D eigenvalue weighted by Gasteiger charge is -2.28. The Morgan fingerprint density at radius 1 is 1.24 bits per heavy atom. The number of rotatable bonds is 7. The van der Waals surface area contributed by atoms with Gasteiger partial charge in [-0.2, -0.15) is 4.31 Å². The van der Waals surface area contributed by atoms with E-state index in [1.54, 1.807) is 12.1 Å². The number of sulfonamides is 1. The van der Waals surface area contributed by atoms with Crippen molar-refractivity contribution >= 4 is 15.7 Å². The van der Waals surface area contributed by atoms with E-state index in [2.05, 4.69) is 0 Å². The van der Waals surface area contributed by atoms with Crippen LogP contribution in [0.3, 0.4) is 0 Å². The van der Waals surface area contributed by atoms with E-state index >= 15 is 0 Å². The molecule has 0 saturated heterocycles. The van der Waals surface area contributed by atoms with Crippen LogP contribution in [0.5, 0.6) is 5.75 Å². The Morgan fingerprint density at radius 2 is 1.86 bits per heavy atom. The summed E-state index contributed by atoms with van der Waals surface area (Å²) >= 11 is 0. The molecule has 0 fully saturated rings. The van der Waals surface area contributed by atoms with E-state index in [0.29, 0.717) is 24.6 Å². The summed E-state index contributed by atoms with van der Waals surface area (Å²) in [5, 5.41) is 0. The van der Waals surface area contributed by atoms with Crippen molar-refractivity contribution in [3.8, 4) is 5.75 Å². The first-order valence-corrected chi connectivity index (χ1v) is 8.68. The largest absolute Gasteiger partial charge is 0.492 e. The molecule has 0 aliphatic carbocycles. The molecule has 6 heteroatoms. The molecule has 0 unspecified atom stereocenters. The maximum absolute atomic E-state index is 12.9. The summed E-state index contributed by atoms with van der Waals surface area (Å²) in [6, 6.07) is 4.59. The molecule has 0 aromatic heterocycles. The molecular formula is C15H26N2O3S. The van der Waals surface area contributed by atoms with E-state index in [9.17, 15) is 8.42 Å². The van der Waals surface area contributed by atoms with Gasteiger partial charge in [0.25, 0.3) is 0 Å². The van der Waals surface area contributed by atoms with Crippen molar-refractivity contribution in [3.05, 3.63) is 18.2 Å². The average molecular weight is 314 g/mol. The lowest BCUT2D eigenvalue weighted by molar-refractivity contribution is 0.309. The van der Waals surface area contributed by atoms with Gasteiger partial charge in [0, 0.05) is 18.3 Å². The van der Waals surface area contributed by atoms with Gasteiger partial charge in [0.05, 0.1) is 6.61 Å². The Labute approximate surface area is 128 Å². The second-order valence-electron chi connectivity index (χ2n) is 5.70. The molecule has 1 rings (SSSR count). The molecule has 0 bridgehead atoms. The van der Waals surface area contributed by atoms with Crippen LogP contribution in [0.2, 0.25) is 0 Å². The standard InChI is InChI=1S/C15H26N2O3S/c1-6-20-14-8-7-13(16)9-15(14)21(18,19)17(12(4)5)10-11(2)3/h7-9,11-12H,6,10,16H2,1-5H3. The molecule has 0 amide bonds. The third-order valence-corrected chi connectivity index (χ3v) is 5.04. The van der Waals surface area contributed by atoms with Gasteiger partial charge in [0.1, 0.15) is 10.6 Å². The van der Waals surface area contributed by atoms with Crippen molar-refractivity contribution in [2.24, 2.45) is 5.92 Å². The zero-order valence-electron chi connectivity index (χ0n) is 13.5. The minimum atomic E-state index is -3.64. The maximum Gasteiger partial charge on any atom is 0.247 e. The number of anilines is 1. The highest BCUT2D eigenvalue weighted by Crippen LogP contribution is 2.30. The molecule has 1 aromatic carbocycles. The summed E-state index contributed by atoms with van der Waals surface area (Å²) in [6.07, 6.45) is 0. The summed E-state index contributed by atoms with van der Waals surface area (Å²) in [5.74, 6) is 0.583. The van der Waals surface area contributed by atoms with Crippen LogP contribution in [0.25, 0.3) is 0 Å². The lowest BCUT2D eigenvalue weighted by Crippen LogP contribution is -2.39. The molecule has 120 valence electrons. The van der Waals surface area contributed by atoms with Gasteiger partial charge in [0.15, 0.2) is 0 Å². The van der Waals surface area contributed by atoms with Crippen LogP contribution in [0.15, 0.2) is 23.1 Å². The first kappa shape index (κ1) is 17.8. The smallest absolute Gasteiger partial charge is 0.247 e. The number of benzene rings is 1. The van der Waals surface area contributed by atoms with Crippen LogP contribution in [0.1, 0.15) is 34.6 Å². The van der Waals surface area contributed by atoms with E-state index in [1.165, 1.54) is 10.4 Å². The first-order valence-electron chi connectivity index (χ1n) is 7.24. The molecule has 2 N–H and O–H groups in total. The second-order valence-corrected chi connectivity index (χ2v) is 7.56. The minimum absolute atomic E-state index is 0.131. The molecule has 0 heterocycles. The third kappa shape index (κ3) is 4.35. The monoisotopic (exact) mass is 314 g/mol. The van der Waals surface area contributed by atoms with Crippen LogP contribution >= 0.6 is 0 Å². The average Bonchev–Trinajstić information content (AvgIpc) is 2.37. The number of nitrogen functional groups attached to an aromatic ring is 1. The first-order chi connectivity index (χ1) is 9.70. The van der Waals surface area contributed by atoms with E-state index in [-0.39, 0.29) is 16.9 Å². The van der Waals surface area contributed by atoms with Crippen LogP contribution in [-0.2, 0) is 10.0 Å². The Balaban J connectivity index is 3.36. The van der Waals surface area contributed by atoms with Crippen LogP contribution < -0.4 is 10.5 Å². The zero-order valence-corrected chi connectivity index (χ0v) is 14.3. The highest BCUT2D eigenvalue weighted by molar-refractivity contribution is 7.89. The summed E-state index contributed by atoms with van der Waals surface area (Å²) in [7, 11) is -3.64. The van der Waals surface area contributed by atoms with Gasteiger partial charge in [-0.05, 0) is 44.9 Å². The fraction of sp³-hybridized carbons (Fsp3) is 0.600. The Kier molecular flexibility index (Phi) is 6.04. The predicted molar refractivity (Wildman–Crippen MR) is 85.9 cm³/mol. The third-order valence-electron chi connectivity index (χ3n) is 2.98. The van der Waals surface area contributed by atoms with E-state index in [1.807, 2.05) is 34.6 Å². The molecule has 5 nitrogen and oxygen atoms in total. The highest BCUT2D eigenvalue weighted by Gasteiger charge is 2.30. The van der Waals surface area contributed by atoms with E-state index in [0.717, 1.165) is 0 Å². The lowest BCUT2D eigenvalue weighted by atomic mass is 10.2. The van der Waals surface area contributed by atoms with Gasteiger partial charge in [0.2, 0.25) is 10.0 Å². The number of hydrogen-bond acceptors (Lipinski definition) is 4. The fourth-order valence-electron chi connectivity index (χ4n) is 2.07. The molecule has 0 atom stereocenters. The van der Waals surface area contributed by atoms with Crippen molar-refractivity contribution in [2.45, 2.75) is 45.6 Å². The van der Waals surface area contributed by atoms with Crippen molar-refractivity contribution in [1.29, 1.82) is 0 Å². The predicted octanol–water partition coefficient (Wildman–Crippen LogP) is 2.72. The van der Waals surface area contributed by atoms with Gasteiger partial charge in [-0.15, -0.1) is 0 Å². The highest BCUT2D eigenvalue weighted by atomic mass is 32.2. The molecule has 0 aliphatic heterocycles. The molecule has 0 radical (unpaired) electrons. The molecular weight excluding hydrogens is 288 g/mol. The molecule has 0 spiro atoms. The van der Waals surface area contributed by atoms with Crippen LogP contribution in [0, 0.1) is 5.92 Å². The van der Waals surface area contributed by atoms with Crippen molar-refractivity contribution in [3.63, 3.8) is 0 Å². The van der Waals surface area contributed by atoms with E-state index in [4.69, 9.17) is 10.5 Å². The Hall–Kier alpha value is -1.27. The summed E-state index contributed by atoms with van der Waals surface area (Å²) in [5.41, 5.74) is 6.17. The van der Waals surface area contributed by atoms with Crippen LogP contribution in [0.4, 0.5) is 5.69 Å². The van der Waals surface area contributed by atoms with Crippen molar-refractivity contribution in [1.82, 2.24) is 4.31 Å². The number of nitrogens with two attached hydrogens (primary N) is 1. The SMILES string of the molecule is CCOc1ccc(N)cc1S(=O)(=O)N(CC(C)C)C(C)C. The maximum atomic E-state index is 12.9. The molecule has 1 aromatic rings. The van der Waals surface area contributed by atoms with Gasteiger partial charge in [-0.3, -0.25) is 0 Å². The van der Waals surface area contributed by atoms with Gasteiger partial charge < -0.3 is 10.5 Å². The quantitative estimate of drug-likeness (QED) is 0.785. The van der Waals surface area contributed by atoms with Gasteiger partial charge >= 0.3 is 0 Å². The zero-order chi connectivity index (χ0) is 16.2. The summed E-state index contributed by atoms with van der Waals surface area (Å²) in [4.78, 5) is 0.138. The topological polar surface area (TPSA) is 72.6 Å². The van der Waals surface area contributed by atoms with Gasteiger partial charge in [-0.1, -0.05) is 13.8 Å². The normalized spacial score (nSPS) is 12.4. The fourth-order valence-corrected chi connectivity index (χ4v) is 4.04. The molecule has 0 aliphatic rings. The second kappa shape index (κ2) is 7.13. The van der Waals surface area contributed by atoms with Crippen molar-refractivity contribution < 1.29 is 13.2 Å². The van der Waals surface area contributed by atoms with Crippen molar-refractivity contribution in [2.75, 3.05) is 18.9 Å². The van der Waals surface area contributed by atoms with E-state index < -0.39 is 10.0 Å². The summed E-state index contributed by atoms with van der Waals surface area (Å²) in [6.45, 7) is 10.4. The number of ether oxygens (including phenoxy) is 1. The minimum Gasteiger partial charge on any atom is -0.492 e. The number of hydrogen-bond donors (Lipinski definition) is 1. The molecule has 21 heavy (non-hydrogen) atoms. The Morgan fingerprint density at radius 3 is 2.33 bits per heavy atom.